The largest absolute Gasteiger partial charge is 0.508 e. The summed E-state index contributed by atoms with van der Waals surface area (Å²) >= 11 is 0. The van der Waals surface area contributed by atoms with E-state index in [1.807, 2.05) is 0 Å². The summed E-state index contributed by atoms with van der Waals surface area (Å²) in [6, 6.07) is 11.7. The highest BCUT2D eigenvalue weighted by molar-refractivity contribution is 5.89. The molecule has 14 nitrogen and oxygen atoms in total. The normalized spacial score (nSPS) is 21.8. The molecular weight excluding hydrogens is 584 g/mol. The number of ether oxygens (including phenoxy) is 3. The van der Waals surface area contributed by atoms with Crippen LogP contribution in [0.25, 0.3) is 28.4 Å². The minimum Gasteiger partial charge on any atom is -0.508 e. The Balaban J connectivity index is 1.34. The molecule has 0 aliphatic carbocycles. The summed E-state index contributed by atoms with van der Waals surface area (Å²) in [6.07, 6.45) is -6.40. The van der Waals surface area contributed by atoms with E-state index in [0.29, 0.717) is 11.1 Å². The van der Waals surface area contributed by atoms with Crippen LogP contribution in [0.1, 0.15) is 5.56 Å². The Hall–Kier alpha value is -5.28. The van der Waals surface area contributed by atoms with Gasteiger partial charge in [0.2, 0.25) is 12.0 Å². The van der Waals surface area contributed by atoms with E-state index in [4.69, 9.17) is 18.6 Å². The number of phenols is 5. The van der Waals surface area contributed by atoms with Crippen LogP contribution < -0.4 is 10.2 Å². The number of benzene rings is 3. The summed E-state index contributed by atoms with van der Waals surface area (Å²) in [5.41, 5.74) is -0.161. The van der Waals surface area contributed by atoms with Crippen molar-refractivity contribution in [1.29, 1.82) is 0 Å². The SMILES string of the molecule is O=C(/C=C/c1ccc(O)c(O)c1)OC[C@H]1O[C@@H](Oc2cc3oc(-c4ccc(O)cc4)cc(=O)c3c(O)c2O)[C@H](O)[C@@H](O)[C@@H]1O. The number of carbonyl (C=O) groups excluding carboxylic acids is 1. The quantitative estimate of drug-likeness (QED) is 0.0840. The molecule has 2 heterocycles. The van der Waals surface area contributed by atoms with Gasteiger partial charge in [0.05, 0.1) is 0 Å². The molecule has 5 atom stereocenters. The Morgan fingerprint density at radius 3 is 2.27 bits per heavy atom. The van der Waals surface area contributed by atoms with Gasteiger partial charge in [-0.1, -0.05) is 6.07 Å². The fourth-order valence-corrected chi connectivity index (χ4v) is 4.42. The van der Waals surface area contributed by atoms with E-state index >= 15 is 0 Å². The summed E-state index contributed by atoms with van der Waals surface area (Å²) in [5, 5.41) is 80.5. The second kappa shape index (κ2) is 12.1. The number of phenolic OH excluding ortho intramolecular Hbond substituents is 5. The fraction of sp³-hybridized carbons (Fsp3) is 0.200. The van der Waals surface area contributed by atoms with Crippen molar-refractivity contribution in [2.24, 2.45) is 0 Å². The molecule has 8 N–H and O–H groups in total. The molecule has 0 bridgehead atoms. The maximum absolute atomic E-state index is 12.8. The maximum atomic E-state index is 12.8. The average molecular weight is 611 g/mol. The third kappa shape index (κ3) is 6.09. The first-order valence-electron chi connectivity index (χ1n) is 13.0. The zero-order valence-corrected chi connectivity index (χ0v) is 22.5. The van der Waals surface area contributed by atoms with Gasteiger partial charge in [-0.25, -0.2) is 4.79 Å². The molecule has 5 rings (SSSR count). The number of hydrogen-bond acceptors (Lipinski definition) is 14. The second-order valence-corrected chi connectivity index (χ2v) is 9.81. The Labute approximate surface area is 247 Å². The van der Waals surface area contributed by atoms with Crippen molar-refractivity contribution in [3.05, 3.63) is 76.5 Å². The molecule has 0 amide bonds. The van der Waals surface area contributed by atoms with Crippen LogP contribution in [0.2, 0.25) is 0 Å². The first-order chi connectivity index (χ1) is 20.9. The summed E-state index contributed by atoms with van der Waals surface area (Å²) < 4.78 is 21.8. The van der Waals surface area contributed by atoms with Crippen molar-refractivity contribution in [2.75, 3.05) is 6.61 Å². The molecule has 1 aliphatic heterocycles. The van der Waals surface area contributed by atoms with Gasteiger partial charge in [0.25, 0.3) is 0 Å². The number of esters is 1. The maximum Gasteiger partial charge on any atom is 0.330 e. The molecule has 0 saturated carbocycles. The summed E-state index contributed by atoms with van der Waals surface area (Å²) in [5.74, 6) is -3.93. The van der Waals surface area contributed by atoms with Crippen LogP contribution in [0.4, 0.5) is 0 Å². The molecule has 0 radical (unpaired) electrons. The van der Waals surface area contributed by atoms with E-state index in [1.165, 1.54) is 48.5 Å². The summed E-state index contributed by atoms with van der Waals surface area (Å²) in [4.78, 5) is 25.0. The minimum absolute atomic E-state index is 0.0201. The van der Waals surface area contributed by atoms with E-state index in [0.717, 1.165) is 18.2 Å². The van der Waals surface area contributed by atoms with E-state index in [1.54, 1.807) is 0 Å². The van der Waals surface area contributed by atoms with E-state index in [9.17, 15) is 50.4 Å². The topological polar surface area (TPSA) is 237 Å². The molecule has 230 valence electrons. The predicted octanol–water partition coefficient (Wildman–Crippen LogP) is 1.43. The summed E-state index contributed by atoms with van der Waals surface area (Å²) in [6.45, 7) is -0.616. The van der Waals surface area contributed by atoms with Gasteiger partial charge in [-0.3, -0.25) is 4.79 Å². The monoisotopic (exact) mass is 610 g/mol. The Kier molecular flexibility index (Phi) is 8.33. The molecule has 44 heavy (non-hydrogen) atoms. The average Bonchev–Trinajstić information content (AvgIpc) is 2.99. The van der Waals surface area contributed by atoms with Crippen molar-refractivity contribution in [3.8, 4) is 45.8 Å². The van der Waals surface area contributed by atoms with Crippen molar-refractivity contribution in [2.45, 2.75) is 30.7 Å². The Bertz CT molecular complexity index is 1780. The van der Waals surface area contributed by atoms with E-state index < -0.39 is 71.7 Å². The highest BCUT2D eigenvalue weighted by Gasteiger charge is 2.46. The third-order valence-electron chi connectivity index (χ3n) is 6.80. The number of aromatic hydroxyl groups is 5. The molecule has 1 aromatic heterocycles. The first-order valence-corrected chi connectivity index (χ1v) is 13.0. The lowest BCUT2D eigenvalue weighted by molar-refractivity contribution is -0.278. The van der Waals surface area contributed by atoms with Gasteiger partial charge in [-0.15, -0.1) is 0 Å². The minimum atomic E-state index is -1.88. The van der Waals surface area contributed by atoms with Crippen LogP contribution in [0.15, 0.2) is 69.9 Å². The zero-order chi connectivity index (χ0) is 31.7. The molecule has 3 aromatic carbocycles. The van der Waals surface area contributed by atoms with Gasteiger partial charge in [0.1, 0.15) is 53.5 Å². The molecule has 1 fully saturated rings. The highest BCUT2D eigenvalue weighted by Crippen LogP contribution is 2.42. The Morgan fingerprint density at radius 2 is 1.57 bits per heavy atom. The van der Waals surface area contributed by atoms with Gasteiger partial charge in [0.15, 0.2) is 28.4 Å². The number of carbonyl (C=O) groups is 1. The molecule has 1 aliphatic rings. The van der Waals surface area contributed by atoms with Crippen molar-refractivity contribution in [1.82, 2.24) is 0 Å². The molecule has 4 aromatic rings. The van der Waals surface area contributed by atoms with E-state index in [-0.39, 0.29) is 28.2 Å². The highest BCUT2D eigenvalue weighted by atomic mass is 16.7. The lowest BCUT2D eigenvalue weighted by atomic mass is 9.99. The second-order valence-electron chi connectivity index (χ2n) is 9.81. The number of hydrogen-bond donors (Lipinski definition) is 8. The van der Waals surface area contributed by atoms with Gasteiger partial charge < -0.3 is 59.5 Å². The predicted molar refractivity (Wildman–Crippen MR) is 150 cm³/mol. The number of aliphatic hydroxyl groups is 3. The molecule has 1 saturated heterocycles. The van der Waals surface area contributed by atoms with Crippen molar-refractivity contribution >= 4 is 23.0 Å². The van der Waals surface area contributed by atoms with E-state index in [2.05, 4.69) is 0 Å². The zero-order valence-electron chi connectivity index (χ0n) is 22.5. The Morgan fingerprint density at radius 1 is 0.841 bits per heavy atom. The van der Waals surface area contributed by atoms with Crippen LogP contribution in [-0.2, 0) is 14.3 Å². The standard InChI is InChI=1S/C30H26O14/c31-15-5-3-14(4-6-15)19-10-18(34)24-20(42-19)11-21(25(36)27(24)38)43-30-29(40)28(39)26(37)22(44-30)12-41-23(35)8-2-13-1-7-16(32)17(33)9-13/h1-11,22,26,28-33,36-40H,12H2/b8-2+/t22-,26-,28+,29-,30-/m1/s1. The number of rotatable bonds is 7. The van der Waals surface area contributed by atoms with Gasteiger partial charge in [-0.2, -0.15) is 0 Å². The number of aliphatic hydroxyl groups excluding tert-OH is 3. The van der Waals surface area contributed by atoms with Gasteiger partial charge >= 0.3 is 5.97 Å². The third-order valence-corrected chi connectivity index (χ3v) is 6.80. The first kappa shape index (κ1) is 30.2. The molecule has 0 spiro atoms. The fourth-order valence-electron chi connectivity index (χ4n) is 4.42. The van der Waals surface area contributed by atoms with Gasteiger partial charge in [0, 0.05) is 23.8 Å². The number of fused-ring (bicyclic) bond motifs is 1. The van der Waals surface area contributed by atoms with Crippen LogP contribution in [-0.4, -0.2) is 84.1 Å². The van der Waals surface area contributed by atoms with Crippen LogP contribution in [0.3, 0.4) is 0 Å². The molecule has 0 unspecified atom stereocenters. The summed E-state index contributed by atoms with van der Waals surface area (Å²) in [7, 11) is 0. The van der Waals surface area contributed by atoms with Crippen molar-refractivity contribution in [3.63, 3.8) is 0 Å². The van der Waals surface area contributed by atoms with Gasteiger partial charge in [-0.05, 0) is 48.0 Å². The van der Waals surface area contributed by atoms with Crippen molar-refractivity contribution < 1.29 is 64.3 Å². The molecular formula is C30H26O14. The lowest BCUT2D eigenvalue weighted by Crippen LogP contribution is -2.60. The molecule has 14 heteroatoms. The van der Waals surface area contributed by atoms with Crippen LogP contribution >= 0.6 is 0 Å². The smallest absolute Gasteiger partial charge is 0.330 e. The lowest BCUT2D eigenvalue weighted by Gasteiger charge is -2.39. The van der Waals surface area contributed by atoms with Crippen LogP contribution in [0.5, 0.6) is 34.5 Å². The van der Waals surface area contributed by atoms with Crippen LogP contribution in [0, 0.1) is 0 Å².